The maximum absolute atomic E-state index is 9.24. The predicted molar refractivity (Wildman–Crippen MR) is 75.4 cm³/mol. The molecule has 0 aliphatic carbocycles. The van der Waals surface area contributed by atoms with Crippen LogP contribution in [0.25, 0.3) is 0 Å². The third-order valence-electron chi connectivity index (χ3n) is 3.34. The minimum absolute atomic E-state index is 0.508. The van der Waals surface area contributed by atoms with Gasteiger partial charge in [-0.3, -0.25) is 0 Å². The van der Waals surface area contributed by atoms with Gasteiger partial charge in [0.2, 0.25) is 0 Å². The Bertz CT molecular complexity index is 669. The molecule has 2 rings (SSSR count). The molecule has 4 heteroatoms. The van der Waals surface area contributed by atoms with Crippen molar-refractivity contribution in [2.75, 3.05) is 5.32 Å². The minimum atomic E-state index is 0.508. The minimum Gasteiger partial charge on any atom is -0.338 e. The lowest BCUT2D eigenvalue weighted by Gasteiger charge is -2.10. The molecular weight excluding hydrogens is 236 g/mol. The summed E-state index contributed by atoms with van der Waals surface area (Å²) in [5, 5.41) is 20.5. The van der Waals surface area contributed by atoms with Gasteiger partial charge in [0.05, 0.1) is 5.69 Å². The van der Waals surface area contributed by atoms with E-state index in [1.807, 2.05) is 32.0 Å². The third-order valence-corrected chi connectivity index (χ3v) is 3.34. The lowest BCUT2D eigenvalue weighted by molar-refractivity contribution is 0.960. The Morgan fingerprint density at radius 2 is 1.79 bits per heavy atom. The van der Waals surface area contributed by atoms with Crippen LogP contribution in [-0.2, 0) is 0 Å². The molecule has 0 aliphatic heterocycles. The van der Waals surface area contributed by atoms with E-state index in [1.165, 1.54) is 11.1 Å². The van der Waals surface area contributed by atoms with Crippen LogP contribution in [0.1, 0.15) is 27.9 Å². The highest BCUT2D eigenvalue weighted by Gasteiger charge is 2.11. The van der Waals surface area contributed by atoms with Crippen molar-refractivity contribution in [1.82, 2.24) is 10.2 Å². The van der Waals surface area contributed by atoms with E-state index in [4.69, 9.17) is 0 Å². The Hall–Kier alpha value is -2.41. The molecule has 0 spiro atoms. The van der Waals surface area contributed by atoms with Crippen LogP contribution in [0.15, 0.2) is 18.2 Å². The number of rotatable bonds is 2. The number of nitriles is 1. The Kier molecular flexibility index (Phi) is 3.48. The fraction of sp³-hybridized carbons (Fsp3) is 0.267. The van der Waals surface area contributed by atoms with Gasteiger partial charge in [-0.15, -0.1) is 5.10 Å². The molecule has 1 aromatic heterocycles. The van der Waals surface area contributed by atoms with Crippen LogP contribution >= 0.6 is 0 Å². The van der Waals surface area contributed by atoms with Gasteiger partial charge in [0, 0.05) is 5.69 Å². The van der Waals surface area contributed by atoms with Gasteiger partial charge < -0.3 is 5.32 Å². The van der Waals surface area contributed by atoms with E-state index in [0.717, 1.165) is 16.9 Å². The highest BCUT2D eigenvalue weighted by atomic mass is 15.2. The number of hydrogen-bond donors (Lipinski definition) is 1. The summed E-state index contributed by atoms with van der Waals surface area (Å²) in [5.74, 6) is 0.508. The average molecular weight is 252 g/mol. The molecule has 4 nitrogen and oxygen atoms in total. The first kappa shape index (κ1) is 13.0. The molecular formula is C15H16N4. The quantitative estimate of drug-likeness (QED) is 0.890. The second-order valence-electron chi connectivity index (χ2n) is 4.67. The van der Waals surface area contributed by atoms with E-state index >= 15 is 0 Å². The van der Waals surface area contributed by atoms with Gasteiger partial charge >= 0.3 is 0 Å². The molecule has 1 aromatic carbocycles. The molecule has 0 unspecified atom stereocenters. The number of nitrogens with zero attached hydrogens (tertiary/aromatic N) is 3. The Morgan fingerprint density at radius 3 is 2.42 bits per heavy atom. The van der Waals surface area contributed by atoms with Crippen LogP contribution in [0.3, 0.4) is 0 Å². The molecule has 0 bridgehead atoms. The summed E-state index contributed by atoms with van der Waals surface area (Å²) in [4.78, 5) is 0. The Labute approximate surface area is 113 Å². The topological polar surface area (TPSA) is 61.6 Å². The highest BCUT2D eigenvalue weighted by molar-refractivity contribution is 5.65. The number of hydrogen-bond acceptors (Lipinski definition) is 4. The molecule has 0 saturated heterocycles. The molecule has 0 radical (unpaired) electrons. The number of nitrogens with one attached hydrogen (secondary N) is 1. The molecule has 0 saturated carbocycles. The molecule has 19 heavy (non-hydrogen) atoms. The van der Waals surface area contributed by atoms with Gasteiger partial charge in [-0.05, 0) is 56.5 Å². The summed E-state index contributed by atoms with van der Waals surface area (Å²) in [7, 11) is 0. The number of benzene rings is 1. The zero-order valence-electron chi connectivity index (χ0n) is 11.6. The van der Waals surface area contributed by atoms with Gasteiger partial charge in [-0.25, -0.2) is 0 Å². The fourth-order valence-electron chi connectivity index (χ4n) is 1.79. The first-order valence-corrected chi connectivity index (χ1v) is 6.11. The van der Waals surface area contributed by atoms with E-state index < -0.39 is 0 Å². The molecule has 2 aromatic rings. The van der Waals surface area contributed by atoms with Crippen LogP contribution in [0.5, 0.6) is 0 Å². The summed E-state index contributed by atoms with van der Waals surface area (Å²) in [5.41, 5.74) is 5.53. The average Bonchev–Trinajstić information content (AvgIpc) is 2.39. The van der Waals surface area contributed by atoms with Crippen LogP contribution < -0.4 is 5.32 Å². The van der Waals surface area contributed by atoms with E-state index in [0.29, 0.717) is 11.4 Å². The first-order valence-electron chi connectivity index (χ1n) is 6.11. The SMILES string of the molecule is Cc1ccc(Nc2nnc(C)c(C)c2C#N)cc1C. The molecule has 0 atom stereocenters. The van der Waals surface area contributed by atoms with Crippen LogP contribution in [0.2, 0.25) is 0 Å². The van der Waals surface area contributed by atoms with Crippen LogP contribution in [-0.4, -0.2) is 10.2 Å². The molecule has 1 heterocycles. The summed E-state index contributed by atoms with van der Waals surface area (Å²) in [6.45, 7) is 7.85. The molecule has 0 aliphatic rings. The van der Waals surface area contributed by atoms with Crippen molar-refractivity contribution < 1.29 is 0 Å². The predicted octanol–water partition coefficient (Wildman–Crippen LogP) is 3.33. The number of anilines is 2. The second kappa shape index (κ2) is 5.07. The van der Waals surface area contributed by atoms with Crippen molar-refractivity contribution in [3.05, 3.63) is 46.1 Å². The van der Waals surface area contributed by atoms with E-state index in [2.05, 4.69) is 35.4 Å². The summed E-state index contributed by atoms with van der Waals surface area (Å²) >= 11 is 0. The maximum atomic E-state index is 9.24. The summed E-state index contributed by atoms with van der Waals surface area (Å²) in [6, 6.07) is 8.23. The lowest BCUT2D eigenvalue weighted by Crippen LogP contribution is -2.03. The highest BCUT2D eigenvalue weighted by Crippen LogP contribution is 2.22. The molecule has 0 fully saturated rings. The standard InChI is InChI=1S/C15H16N4/c1-9-5-6-13(7-10(9)2)17-15-14(8-16)11(3)12(4)18-19-15/h5-7H,1-4H3,(H,17,19). The fourth-order valence-corrected chi connectivity index (χ4v) is 1.79. The van der Waals surface area contributed by atoms with Crippen molar-refractivity contribution in [2.24, 2.45) is 0 Å². The Balaban J connectivity index is 2.41. The van der Waals surface area contributed by atoms with E-state index in [1.54, 1.807) is 0 Å². The van der Waals surface area contributed by atoms with Crippen molar-refractivity contribution >= 4 is 11.5 Å². The molecule has 0 amide bonds. The lowest BCUT2D eigenvalue weighted by atomic mass is 10.1. The van der Waals surface area contributed by atoms with Gasteiger partial charge in [-0.2, -0.15) is 10.4 Å². The zero-order chi connectivity index (χ0) is 14.0. The zero-order valence-corrected chi connectivity index (χ0v) is 11.6. The van der Waals surface area contributed by atoms with Crippen LogP contribution in [0.4, 0.5) is 11.5 Å². The van der Waals surface area contributed by atoms with Crippen molar-refractivity contribution in [1.29, 1.82) is 5.26 Å². The van der Waals surface area contributed by atoms with Crippen molar-refractivity contribution in [3.8, 4) is 6.07 Å². The molecule has 1 N–H and O–H groups in total. The first-order chi connectivity index (χ1) is 9.02. The molecule has 96 valence electrons. The third kappa shape index (κ3) is 2.55. The van der Waals surface area contributed by atoms with Gasteiger partial charge in [0.25, 0.3) is 0 Å². The maximum Gasteiger partial charge on any atom is 0.171 e. The number of aryl methyl sites for hydroxylation is 3. The van der Waals surface area contributed by atoms with E-state index in [-0.39, 0.29) is 0 Å². The largest absolute Gasteiger partial charge is 0.338 e. The monoisotopic (exact) mass is 252 g/mol. The van der Waals surface area contributed by atoms with Crippen molar-refractivity contribution in [3.63, 3.8) is 0 Å². The Morgan fingerprint density at radius 1 is 1.05 bits per heavy atom. The normalized spacial score (nSPS) is 10.1. The summed E-state index contributed by atoms with van der Waals surface area (Å²) < 4.78 is 0. The number of aromatic nitrogens is 2. The van der Waals surface area contributed by atoms with Crippen molar-refractivity contribution in [2.45, 2.75) is 27.7 Å². The smallest absolute Gasteiger partial charge is 0.171 e. The van der Waals surface area contributed by atoms with Gasteiger partial charge in [0.1, 0.15) is 11.6 Å². The van der Waals surface area contributed by atoms with Crippen LogP contribution in [0, 0.1) is 39.0 Å². The van der Waals surface area contributed by atoms with E-state index in [9.17, 15) is 5.26 Å². The van der Waals surface area contributed by atoms with Gasteiger partial charge in [-0.1, -0.05) is 6.07 Å². The summed E-state index contributed by atoms with van der Waals surface area (Å²) in [6.07, 6.45) is 0. The second-order valence-corrected chi connectivity index (χ2v) is 4.67. The van der Waals surface area contributed by atoms with Gasteiger partial charge in [0.15, 0.2) is 5.82 Å².